The molecule has 0 aliphatic rings. The summed E-state index contributed by atoms with van der Waals surface area (Å²) in [6.45, 7) is 0. The van der Waals surface area contributed by atoms with Crippen molar-refractivity contribution in [1.82, 2.24) is 4.98 Å². The molecule has 0 bridgehead atoms. The van der Waals surface area contributed by atoms with Crippen molar-refractivity contribution >= 4 is 27.7 Å². The summed E-state index contributed by atoms with van der Waals surface area (Å²) < 4.78 is 0. The Morgan fingerprint density at radius 2 is 1.45 bits per heavy atom. The molecule has 1 aromatic heterocycles. The van der Waals surface area contributed by atoms with Gasteiger partial charge in [-0.25, -0.2) is 0 Å². The number of benzene rings is 4. The van der Waals surface area contributed by atoms with Crippen LogP contribution >= 0.6 is 0 Å². The molecule has 4 N–H and O–H groups in total. The lowest BCUT2D eigenvalue weighted by atomic mass is 9.94. The van der Waals surface area contributed by atoms with E-state index in [1.54, 1.807) is 18.2 Å². The first-order valence-corrected chi connectivity index (χ1v) is 10.3. The van der Waals surface area contributed by atoms with Gasteiger partial charge < -0.3 is 15.8 Å². The zero-order chi connectivity index (χ0) is 21.4. The average molecular weight is 406 g/mol. The molecule has 0 saturated heterocycles. The van der Waals surface area contributed by atoms with E-state index in [0.29, 0.717) is 22.8 Å². The lowest BCUT2D eigenvalue weighted by Crippen LogP contribution is -2.10. The number of primary amides is 1. The molecular formula is C27H22N2O2. The van der Waals surface area contributed by atoms with Crippen LogP contribution < -0.4 is 5.73 Å². The van der Waals surface area contributed by atoms with Crippen LogP contribution in [0, 0.1) is 0 Å². The summed E-state index contributed by atoms with van der Waals surface area (Å²) in [6.07, 6.45) is 1.56. The number of aromatic nitrogens is 1. The number of H-pyrrole nitrogens is 1. The van der Waals surface area contributed by atoms with E-state index >= 15 is 0 Å². The van der Waals surface area contributed by atoms with Gasteiger partial charge in [-0.2, -0.15) is 0 Å². The van der Waals surface area contributed by atoms with E-state index in [2.05, 4.69) is 53.5 Å². The SMILES string of the molecule is NC(=O)c1cccc2[nH]c3c(Cc4ccccc4Cc4ccccc4)ccc(O)c3c12. The number of rotatable bonds is 5. The molecule has 0 spiro atoms. The van der Waals surface area contributed by atoms with Gasteiger partial charge in [0.1, 0.15) is 5.75 Å². The Morgan fingerprint density at radius 3 is 2.19 bits per heavy atom. The van der Waals surface area contributed by atoms with Crippen molar-refractivity contribution in [1.29, 1.82) is 0 Å². The van der Waals surface area contributed by atoms with Gasteiger partial charge in [0.05, 0.1) is 10.9 Å². The predicted molar refractivity (Wildman–Crippen MR) is 124 cm³/mol. The topological polar surface area (TPSA) is 79.1 Å². The Morgan fingerprint density at radius 1 is 0.742 bits per heavy atom. The second-order valence-corrected chi connectivity index (χ2v) is 7.82. The number of phenols is 1. The van der Waals surface area contributed by atoms with E-state index in [1.165, 1.54) is 16.7 Å². The number of phenolic OH excluding ortho intramolecular Hbond substituents is 1. The van der Waals surface area contributed by atoms with Crippen LogP contribution in [0.1, 0.15) is 32.6 Å². The molecular weight excluding hydrogens is 384 g/mol. The fraction of sp³-hybridized carbons (Fsp3) is 0.0741. The van der Waals surface area contributed by atoms with Gasteiger partial charge in [-0.1, -0.05) is 66.7 Å². The quantitative estimate of drug-likeness (QED) is 0.370. The van der Waals surface area contributed by atoms with Crippen LogP contribution in [0.15, 0.2) is 84.9 Å². The zero-order valence-electron chi connectivity index (χ0n) is 16.9. The van der Waals surface area contributed by atoms with Crippen LogP contribution in [-0.2, 0) is 12.8 Å². The molecule has 0 atom stereocenters. The van der Waals surface area contributed by atoms with Gasteiger partial charge in [-0.3, -0.25) is 4.79 Å². The molecule has 31 heavy (non-hydrogen) atoms. The number of carbonyl (C=O) groups excluding carboxylic acids is 1. The number of carbonyl (C=O) groups is 1. The van der Waals surface area contributed by atoms with Crippen molar-refractivity contribution in [2.45, 2.75) is 12.8 Å². The van der Waals surface area contributed by atoms with Crippen LogP contribution in [0.4, 0.5) is 0 Å². The van der Waals surface area contributed by atoms with Crippen LogP contribution in [-0.4, -0.2) is 16.0 Å². The Bertz CT molecular complexity index is 1420. The first-order valence-electron chi connectivity index (χ1n) is 10.3. The maximum absolute atomic E-state index is 12.0. The molecule has 0 aliphatic carbocycles. The van der Waals surface area contributed by atoms with E-state index in [-0.39, 0.29) is 5.75 Å². The minimum absolute atomic E-state index is 0.135. The third-order valence-electron chi connectivity index (χ3n) is 5.85. The smallest absolute Gasteiger partial charge is 0.249 e. The monoisotopic (exact) mass is 406 g/mol. The van der Waals surface area contributed by atoms with Crippen LogP contribution in [0.2, 0.25) is 0 Å². The Labute approximate surface area is 180 Å². The largest absolute Gasteiger partial charge is 0.507 e. The second kappa shape index (κ2) is 7.65. The zero-order valence-corrected chi connectivity index (χ0v) is 16.9. The maximum Gasteiger partial charge on any atom is 0.249 e. The number of amides is 1. The third kappa shape index (κ3) is 3.42. The molecule has 4 heteroatoms. The molecule has 0 unspecified atom stereocenters. The van der Waals surface area contributed by atoms with Gasteiger partial charge in [0.25, 0.3) is 0 Å². The molecule has 1 amide bonds. The standard InChI is InChI=1S/C27H22N2O2/c28-27(31)21-11-6-12-22-24(21)25-23(30)14-13-20(26(25)29-22)16-19-10-5-4-9-18(19)15-17-7-2-1-3-8-17/h1-14,29-30H,15-16H2,(H2,28,31). The summed E-state index contributed by atoms with van der Waals surface area (Å²) in [5.41, 5.74) is 12.4. The van der Waals surface area contributed by atoms with Gasteiger partial charge in [0.2, 0.25) is 5.91 Å². The third-order valence-corrected chi connectivity index (χ3v) is 5.85. The summed E-state index contributed by atoms with van der Waals surface area (Å²) in [5, 5.41) is 11.9. The fourth-order valence-electron chi connectivity index (χ4n) is 4.37. The highest BCUT2D eigenvalue weighted by molar-refractivity contribution is 6.19. The predicted octanol–water partition coefficient (Wildman–Crippen LogP) is 5.31. The number of hydrogen-bond donors (Lipinski definition) is 3. The molecule has 4 aromatic carbocycles. The highest BCUT2D eigenvalue weighted by Crippen LogP contribution is 2.37. The first-order chi connectivity index (χ1) is 15.1. The summed E-state index contributed by atoms with van der Waals surface area (Å²) >= 11 is 0. The summed E-state index contributed by atoms with van der Waals surface area (Å²) in [7, 11) is 0. The molecule has 0 aliphatic heterocycles. The highest BCUT2D eigenvalue weighted by atomic mass is 16.3. The van der Waals surface area contributed by atoms with E-state index in [0.717, 1.165) is 23.0 Å². The van der Waals surface area contributed by atoms with E-state index in [4.69, 9.17) is 5.73 Å². The van der Waals surface area contributed by atoms with Gasteiger partial charge in [-0.15, -0.1) is 0 Å². The number of fused-ring (bicyclic) bond motifs is 3. The van der Waals surface area contributed by atoms with E-state index in [9.17, 15) is 9.90 Å². The van der Waals surface area contributed by atoms with Crippen molar-refractivity contribution in [2.24, 2.45) is 5.73 Å². The lowest BCUT2D eigenvalue weighted by Gasteiger charge is -2.11. The Hall–Kier alpha value is -4.05. The van der Waals surface area contributed by atoms with Gasteiger partial charge in [0.15, 0.2) is 0 Å². The van der Waals surface area contributed by atoms with Crippen LogP contribution in [0.3, 0.4) is 0 Å². The molecule has 5 rings (SSSR count). The molecule has 4 nitrogen and oxygen atoms in total. The number of nitrogens with one attached hydrogen (secondary N) is 1. The first kappa shape index (κ1) is 18.9. The van der Waals surface area contributed by atoms with Gasteiger partial charge >= 0.3 is 0 Å². The molecule has 5 aromatic rings. The highest BCUT2D eigenvalue weighted by Gasteiger charge is 2.18. The normalized spacial score (nSPS) is 11.2. The number of aromatic hydroxyl groups is 1. The molecule has 0 saturated carbocycles. The van der Waals surface area contributed by atoms with E-state index < -0.39 is 5.91 Å². The van der Waals surface area contributed by atoms with Crippen molar-refractivity contribution < 1.29 is 9.90 Å². The molecule has 0 fully saturated rings. The molecule has 0 radical (unpaired) electrons. The summed E-state index contributed by atoms with van der Waals surface area (Å²) in [4.78, 5) is 15.4. The minimum atomic E-state index is -0.510. The summed E-state index contributed by atoms with van der Waals surface area (Å²) in [5.74, 6) is -0.374. The molecule has 152 valence electrons. The van der Waals surface area contributed by atoms with Crippen molar-refractivity contribution in [3.8, 4) is 5.75 Å². The number of nitrogens with two attached hydrogens (primary N) is 1. The van der Waals surface area contributed by atoms with Crippen molar-refractivity contribution in [3.05, 3.63) is 113 Å². The van der Waals surface area contributed by atoms with Crippen LogP contribution in [0.5, 0.6) is 5.75 Å². The Balaban J connectivity index is 1.63. The maximum atomic E-state index is 12.0. The minimum Gasteiger partial charge on any atom is -0.507 e. The van der Waals surface area contributed by atoms with E-state index in [1.807, 2.05) is 18.2 Å². The average Bonchev–Trinajstić information content (AvgIpc) is 3.18. The van der Waals surface area contributed by atoms with Crippen molar-refractivity contribution in [2.75, 3.05) is 0 Å². The lowest BCUT2D eigenvalue weighted by molar-refractivity contribution is 0.100. The summed E-state index contributed by atoms with van der Waals surface area (Å²) in [6, 6.07) is 27.9. The van der Waals surface area contributed by atoms with Crippen molar-refractivity contribution in [3.63, 3.8) is 0 Å². The van der Waals surface area contributed by atoms with Gasteiger partial charge in [0, 0.05) is 16.5 Å². The number of hydrogen-bond acceptors (Lipinski definition) is 2. The second-order valence-electron chi connectivity index (χ2n) is 7.82. The Kier molecular flexibility index (Phi) is 4.68. The van der Waals surface area contributed by atoms with Crippen LogP contribution in [0.25, 0.3) is 21.8 Å². The fourth-order valence-corrected chi connectivity index (χ4v) is 4.37. The van der Waals surface area contributed by atoms with Gasteiger partial charge in [-0.05, 0) is 53.3 Å². The number of aromatic amines is 1. The molecule has 1 heterocycles.